The summed E-state index contributed by atoms with van der Waals surface area (Å²) < 4.78 is 12.4. The Kier molecular flexibility index (Phi) is 4.19. The number of halogens is 1. The van der Waals surface area contributed by atoms with E-state index in [1.807, 2.05) is 19.9 Å². The molecular formula is C10H14FN3. The van der Waals surface area contributed by atoms with E-state index in [2.05, 4.69) is 15.3 Å². The molecule has 1 aromatic rings. The third-order valence-corrected chi connectivity index (χ3v) is 1.72. The molecule has 76 valence electrons. The first-order valence-corrected chi connectivity index (χ1v) is 4.74. The SMILES string of the molecule is CC.Fc1cnc(C2=CCNC2)nc1. The van der Waals surface area contributed by atoms with E-state index in [-0.39, 0.29) is 0 Å². The van der Waals surface area contributed by atoms with Crippen molar-refractivity contribution in [2.45, 2.75) is 13.8 Å². The number of aromatic nitrogens is 2. The highest BCUT2D eigenvalue weighted by Gasteiger charge is 2.08. The van der Waals surface area contributed by atoms with Crippen LogP contribution in [-0.4, -0.2) is 23.1 Å². The van der Waals surface area contributed by atoms with E-state index in [9.17, 15) is 4.39 Å². The van der Waals surface area contributed by atoms with Crippen molar-refractivity contribution in [1.29, 1.82) is 0 Å². The second kappa shape index (κ2) is 5.44. The Morgan fingerprint density at radius 3 is 2.43 bits per heavy atom. The van der Waals surface area contributed by atoms with E-state index in [0.717, 1.165) is 18.7 Å². The predicted molar refractivity (Wildman–Crippen MR) is 54.2 cm³/mol. The molecule has 3 nitrogen and oxygen atoms in total. The van der Waals surface area contributed by atoms with Crippen LogP contribution in [0, 0.1) is 5.82 Å². The smallest absolute Gasteiger partial charge is 0.159 e. The number of rotatable bonds is 1. The van der Waals surface area contributed by atoms with Gasteiger partial charge >= 0.3 is 0 Å². The van der Waals surface area contributed by atoms with Gasteiger partial charge in [0.15, 0.2) is 11.6 Å². The molecular weight excluding hydrogens is 181 g/mol. The standard InChI is InChI=1S/C8H8FN3.C2H6/c9-7-4-11-8(12-5-7)6-1-2-10-3-6;1-2/h1,4-5,10H,2-3H2;1-2H3. The Labute approximate surface area is 83.1 Å². The van der Waals surface area contributed by atoms with Gasteiger partial charge in [0.1, 0.15) is 0 Å². The lowest BCUT2D eigenvalue weighted by atomic mass is 10.2. The Morgan fingerprint density at radius 1 is 1.29 bits per heavy atom. The highest BCUT2D eigenvalue weighted by Crippen LogP contribution is 2.10. The Hall–Kier alpha value is -1.29. The van der Waals surface area contributed by atoms with E-state index in [1.54, 1.807) is 0 Å². The molecule has 0 radical (unpaired) electrons. The summed E-state index contributed by atoms with van der Waals surface area (Å²) in [5.74, 6) is 0.215. The molecule has 0 unspecified atom stereocenters. The first kappa shape index (κ1) is 10.8. The van der Waals surface area contributed by atoms with Gasteiger partial charge in [-0.2, -0.15) is 0 Å². The largest absolute Gasteiger partial charge is 0.309 e. The van der Waals surface area contributed by atoms with Crippen molar-refractivity contribution < 1.29 is 4.39 Å². The highest BCUT2D eigenvalue weighted by atomic mass is 19.1. The second-order valence-electron chi connectivity index (χ2n) is 2.59. The monoisotopic (exact) mass is 195 g/mol. The normalized spacial score (nSPS) is 14.4. The average molecular weight is 195 g/mol. The van der Waals surface area contributed by atoms with Crippen molar-refractivity contribution in [3.8, 4) is 0 Å². The first-order chi connectivity index (χ1) is 6.86. The summed E-state index contributed by atoms with van der Waals surface area (Å²) in [5.41, 5.74) is 1.04. The van der Waals surface area contributed by atoms with Crippen molar-refractivity contribution in [3.05, 3.63) is 30.1 Å². The zero-order valence-corrected chi connectivity index (χ0v) is 8.42. The molecule has 0 saturated heterocycles. The summed E-state index contributed by atoms with van der Waals surface area (Å²) in [5, 5.41) is 3.12. The van der Waals surface area contributed by atoms with Gasteiger partial charge in [0, 0.05) is 18.7 Å². The van der Waals surface area contributed by atoms with Crippen molar-refractivity contribution >= 4 is 5.57 Å². The van der Waals surface area contributed by atoms with Gasteiger partial charge < -0.3 is 5.32 Å². The van der Waals surface area contributed by atoms with Crippen LogP contribution in [0.25, 0.3) is 5.57 Å². The van der Waals surface area contributed by atoms with Crippen LogP contribution in [0.5, 0.6) is 0 Å². The van der Waals surface area contributed by atoms with Gasteiger partial charge in [-0.25, -0.2) is 14.4 Å². The van der Waals surface area contributed by atoms with Crippen LogP contribution in [0.15, 0.2) is 18.5 Å². The van der Waals surface area contributed by atoms with Crippen molar-refractivity contribution in [2.75, 3.05) is 13.1 Å². The van der Waals surface area contributed by atoms with Crippen molar-refractivity contribution in [2.24, 2.45) is 0 Å². The minimum absolute atomic E-state index is 0.398. The molecule has 1 aromatic heterocycles. The molecule has 0 bridgehead atoms. The van der Waals surface area contributed by atoms with Crippen molar-refractivity contribution in [3.63, 3.8) is 0 Å². The fourth-order valence-corrected chi connectivity index (χ4v) is 1.12. The molecule has 0 aromatic carbocycles. The highest BCUT2D eigenvalue weighted by molar-refractivity contribution is 5.63. The van der Waals surface area contributed by atoms with Gasteiger partial charge in [-0.1, -0.05) is 19.9 Å². The van der Waals surface area contributed by atoms with Crippen LogP contribution in [0.4, 0.5) is 4.39 Å². The quantitative estimate of drug-likeness (QED) is 0.740. The van der Waals surface area contributed by atoms with E-state index in [4.69, 9.17) is 0 Å². The molecule has 2 rings (SSSR count). The molecule has 0 aliphatic carbocycles. The van der Waals surface area contributed by atoms with Gasteiger partial charge in [-0.15, -0.1) is 0 Å². The summed E-state index contributed by atoms with van der Waals surface area (Å²) in [6.07, 6.45) is 4.37. The topological polar surface area (TPSA) is 37.8 Å². The van der Waals surface area contributed by atoms with E-state index >= 15 is 0 Å². The van der Waals surface area contributed by atoms with Gasteiger partial charge in [0.05, 0.1) is 12.4 Å². The number of hydrogen-bond acceptors (Lipinski definition) is 3. The fraction of sp³-hybridized carbons (Fsp3) is 0.400. The lowest BCUT2D eigenvalue weighted by Gasteiger charge is -1.97. The van der Waals surface area contributed by atoms with Crippen LogP contribution in [0.1, 0.15) is 19.7 Å². The van der Waals surface area contributed by atoms with Gasteiger partial charge in [0.25, 0.3) is 0 Å². The molecule has 1 N–H and O–H groups in total. The number of hydrogen-bond donors (Lipinski definition) is 1. The van der Waals surface area contributed by atoms with E-state index in [1.165, 1.54) is 12.4 Å². The Bertz CT molecular complexity index is 306. The maximum atomic E-state index is 12.4. The summed E-state index contributed by atoms with van der Waals surface area (Å²) in [7, 11) is 0. The lowest BCUT2D eigenvalue weighted by Crippen LogP contribution is -2.08. The maximum absolute atomic E-state index is 12.4. The maximum Gasteiger partial charge on any atom is 0.159 e. The van der Waals surface area contributed by atoms with E-state index in [0.29, 0.717) is 5.82 Å². The summed E-state index contributed by atoms with van der Waals surface area (Å²) >= 11 is 0. The van der Waals surface area contributed by atoms with Crippen molar-refractivity contribution in [1.82, 2.24) is 15.3 Å². The third-order valence-electron chi connectivity index (χ3n) is 1.72. The first-order valence-electron chi connectivity index (χ1n) is 4.74. The molecule has 14 heavy (non-hydrogen) atoms. The number of nitrogens with one attached hydrogen (secondary N) is 1. The summed E-state index contributed by atoms with van der Waals surface area (Å²) in [6, 6.07) is 0. The Balaban J connectivity index is 0.000000461. The molecule has 1 aliphatic rings. The predicted octanol–water partition coefficient (Wildman–Crippen LogP) is 1.63. The zero-order valence-electron chi connectivity index (χ0n) is 8.42. The minimum atomic E-state index is -0.398. The molecule has 0 amide bonds. The number of nitrogens with zero attached hydrogens (tertiary/aromatic N) is 2. The van der Waals surface area contributed by atoms with Gasteiger partial charge in [-0.05, 0) is 0 Å². The average Bonchev–Trinajstić information content (AvgIpc) is 2.75. The third kappa shape index (κ3) is 2.60. The van der Waals surface area contributed by atoms with Crippen LogP contribution in [0.2, 0.25) is 0 Å². The minimum Gasteiger partial charge on any atom is -0.309 e. The van der Waals surface area contributed by atoms with Crippen LogP contribution in [0.3, 0.4) is 0 Å². The van der Waals surface area contributed by atoms with E-state index < -0.39 is 5.82 Å². The molecule has 4 heteroatoms. The molecule has 0 atom stereocenters. The summed E-state index contributed by atoms with van der Waals surface area (Å²) in [4.78, 5) is 7.73. The lowest BCUT2D eigenvalue weighted by molar-refractivity contribution is 0.612. The van der Waals surface area contributed by atoms with Crippen LogP contribution < -0.4 is 5.32 Å². The molecule has 0 spiro atoms. The molecule has 0 fully saturated rings. The molecule has 2 heterocycles. The van der Waals surface area contributed by atoms with Crippen LogP contribution in [-0.2, 0) is 0 Å². The Morgan fingerprint density at radius 2 is 1.93 bits per heavy atom. The molecule has 1 aliphatic heterocycles. The molecule has 0 saturated carbocycles. The van der Waals surface area contributed by atoms with Gasteiger partial charge in [0.2, 0.25) is 0 Å². The summed E-state index contributed by atoms with van der Waals surface area (Å²) in [6.45, 7) is 5.61. The van der Waals surface area contributed by atoms with Gasteiger partial charge in [-0.3, -0.25) is 0 Å². The second-order valence-corrected chi connectivity index (χ2v) is 2.59. The zero-order chi connectivity index (χ0) is 10.4. The van der Waals surface area contributed by atoms with Crippen LogP contribution >= 0.6 is 0 Å². The fourth-order valence-electron chi connectivity index (χ4n) is 1.12.